The quantitative estimate of drug-likeness (QED) is 0.845. The van der Waals surface area contributed by atoms with E-state index in [1.54, 1.807) is 0 Å². The molecule has 21 heavy (non-hydrogen) atoms. The van der Waals surface area contributed by atoms with Crippen molar-refractivity contribution >= 4 is 5.91 Å². The fourth-order valence-corrected chi connectivity index (χ4v) is 2.47. The number of hydrogen-bond acceptors (Lipinski definition) is 3. The molecule has 1 aromatic rings. The average Bonchev–Trinajstić information content (AvgIpc) is 2.46. The van der Waals surface area contributed by atoms with Gasteiger partial charge in [0.05, 0.1) is 13.2 Å². The zero-order valence-electron chi connectivity index (χ0n) is 13.3. The number of carbonyl (C=O) groups excluding carboxylic acids is 1. The second-order valence-electron chi connectivity index (χ2n) is 6.26. The van der Waals surface area contributed by atoms with Crippen molar-refractivity contribution in [1.29, 1.82) is 0 Å². The van der Waals surface area contributed by atoms with Gasteiger partial charge in [-0.25, -0.2) is 0 Å². The summed E-state index contributed by atoms with van der Waals surface area (Å²) in [6, 6.07) is 8.82. The molecule has 0 aliphatic carbocycles. The van der Waals surface area contributed by atoms with Crippen LogP contribution in [0.4, 0.5) is 0 Å². The van der Waals surface area contributed by atoms with Gasteiger partial charge in [-0.15, -0.1) is 0 Å². The average molecular weight is 290 g/mol. The van der Waals surface area contributed by atoms with Crippen molar-refractivity contribution in [1.82, 2.24) is 10.6 Å². The zero-order chi connectivity index (χ0) is 15.4. The van der Waals surface area contributed by atoms with Gasteiger partial charge in [0, 0.05) is 23.7 Å². The van der Waals surface area contributed by atoms with E-state index in [1.807, 2.05) is 38.1 Å². The third-order valence-electron chi connectivity index (χ3n) is 4.10. The molecule has 1 aromatic carbocycles. The number of rotatable bonds is 6. The summed E-state index contributed by atoms with van der Waals surface area (Å²) < 4.78 is 5.74. The first kappa shape index (κ1) is 16.0. The number of hydrogen-bond donors (Lipinski definition) is 2. The van der Waals surface area contributed by atoms with Crippen molar-refractivity contribution in [2.45, 2.75) is 52.4 Å². The summed E-state index contributed by atoms with van der Waals surface area (Å²) in [6.07, 6.45) is 0. The predicted molar refractivity (Wildman–Crippen MR) is 84.2 cm³/mol. The molecule has 1 aliphatic heterocycles. The second-order valence-corrected chi connectivity index (χ2v) is 6.26. The second kappa shape index (κ2) is 7.05. The van der Waals surface area contributed by atoms with Crippen molar-refractivity contribution < 1.29 is 9.53 Å². The van der Waals surface area contributed by atoms with Crippen LogP contribution in [0.5, 0.6) is 0 Å². The maximum absolute atomic E-state index is 11.8. The molecule has 3 atom stereocenters. The first-order valence-electron chi connectivity index (χ1n) is 7.71. The van der Waals surface area contributed by atoms with Gasteiger partial charge in [0.15, 0.2) is 0 Å². The lowest BCUT2D eigenvalue weighted by Gasteiger charge is -2.42. The van der Waals surface area contributed by atoms with Gasteiger partial charge in [-0.05, 0) is 44.4 Å². The summed E-state index contributed by atoms with van der Waals surface area (Å²) in [5.74, 6) is 0.644. The van der Waals surface area contributed by atoms with E-state index in [0.717, 1.165) is 12.2 Å². The summed E-state index contributed by atoms with van der Waals surface area (Å²) in [5, 5.41) is 6.33. The standard InChI is InChI=1S/C17H26N2O2/c1-11(2)18-17(20)15-7-5-14(6-8-15)9-21-10-16-12(3)13(4)19-16/h5-8,11-13,16,19H,9-10H2,1-4H3,(H,18,20). The highest BCUT2D eigenvalue weighted by atomic mass is 16.5. The first-order chi connectivity index (χ1) is 9.97. The lowest BCUT2D eigenvalue weighted by Crippen LogP contribution is -2.60. The highest BCUT2D eigenvalue weighted by Gasteiger charge is 2.33. The first-order valence-corrected chi connectivity index (χ1v) is 7.71. The van der Waals surface area contributed by atoms with E-state index in [-0.39, 0.29) is 11.9 Å². The van der Waals surface area contributed by atoms with Crippen LogP contribution in [-0.2, 0) is 11.3 Å². The lowest BCUT2D eigenvalue weighted by molar-refractivity contribution is 0.0368. The maximum Gasteiger partial charge on any atom is 0.251 e. The minimum atomic E-state index is -0.0288. The Bertz CT molecular complexity index is 470. The monoisotopic (exact) mass is 290 g/mol. The Balaban J connectivity index is 1.76. The number of carbonyl (C=O) groups is 1. The SMILES string of the molecule is CC(C)NC(=O)c1ccc(COCC2NC(C)C2C)cc1. The van der Waals surface area contributed by atoms with Gasteiger partial charge in [-0.2, -0.15) is 0 Å². The van der Waals surface area contributed by atoms with Crippen LogP contribution >= 0.6 is 0 Å². The molecule has 0 radical (unpaired) electrons. The van der Waals surface area contributed by atoms with Gasteiger partial charge in [-0.1, -0.05) is 19.1 Å². The highest BCUT2D eigenvalue weighted by Crippen LogP contribution is 2.20. The third-order valence-corrected chi connectivity index (χ3v) is 4.10. The van der Waals surface area contributed by atoms with E-state index >= 15 is 0 Å². The summed E-state index contributed by atoms with van der Waals surface area (Å²) in [4.78, 5) is 11.8. The van der Waals surface area contributed by atoms with E-state index in [9.17, 15) is 4.79 Å². The van der Waals surface area contributed by atoms with E-state index < -0.39 is 0 Å². The minimum absolute atomic E-state index is 0.0288. The van der Waals surface area contributed by atoms with Gasteiger partial charge >= 0.3 is 0 Å². The number of ether oxygens (including phenoxy) is 1. The lowest BCUT2D eigenvalue weighted by atomic mass is 9.86. The van der Waals surface area contributed by atoms with E-state index in [4.69, 9.17) is 4.74 Å². The van der Waals surface area contributed by atoms with Crippen LogP contribution in [0.1, 0.15) is 43.6 Å². The molecule has 1 aliphatic rings. The third kappa shape index (κ3) is 4.29. The molecule has 4 nitrogen and oxygen atoms in total. The molecular formula is C17H26N2O2. The molecule has 2 N–H and O–H groups in total. The van der Waals surface area contributed by atoms with Crippen molar-refractivity contribution in [2.24, 2.45) is 5.92 Å². The maximum atomic E-state index is 11.8. The van der Waals surface area contributed by atoms with Crippen molar-refractivity contribution in [3.05, 3.63) is 35.4 Å². The van der Waals surface area contributed by atoms with Gasteiger partial charge < -0.3 is 15.4 Å². The van der Waals surface area contributed by atoms with Crippen molar-refractivity contribution in [2.75, 3.05) is 6.61 Å². The van der Waals surface area contributed by atoms with Gasteiger partial charge in [0.25, 0.3) is 5.91 Å². The number of nitrogens with one attached hydrogen (secondary N) is 2. The fraction of sp³-hybridized carbons (Fsp3) is 0.588. The summed E-state index contributed by atoms with van der Waals surface area (Å²) in [7, 11) is 0. The van der Waals surface area contributed by atoms with Crippen LogP contribution in [0.25, 0.3) is 0 Å². The Morgan fingerprint density at radius 3 is 2.48 bits per heavy atom. The number of benzene rings is 1. The normalized spacial score (nSPS) is 24.7. The van der Waals surface area contributed by atoms with Gasteiger partial charge in [-0.3, -0.25) is 4.79 Å². The molecule has 3 unspecified atom stereocenters. The minimum Gasteiger partial charge on any atom is -0.375 e. The Kier molecular flexibility index (Phi) is 5.37. The van der Waals surface area contributed by atoms with Crippen LogP contribution in [-0.4, -0.2) is 30.6 Å². The Labute approximate surface area is 127 Å². The van der Waals surface area contributed by atoms with Crippen LogP contribution in [0.2, 0.25) is 0 Å². The van der Waals surface area contributed by atoms with Gasteiger partial charge in [0.1, 0.15) is 0 Å². The van der Waals surface area contributed by atoms with E-state index in [2.05, 4.69) is 24.5 Å². The summed E-state index contributed by atoms with van der Waals surface area (Å²) in [6.45, 7) is 9.68. The Morgan fingerprint density at radius 2 is 1.95 bits per heavy atom. The van der Waals surface area contributed by atoms with Crippen molar-refractivity contribution in [3.8, 4) is 0 Å². The van der Waals surface area contributed by atoms with Crippen LogP contribution in [0, 0.1) is 5.92 Å². The summed E-state index contributed by atoms with van der Waals surface area (Å²) >= 11 is 0. The topological polar surface area (TPSA) is 50.4 Å². The van der Waals surface area contributed by atoms with Gasteiger partial charge in [0.2, 0.25) is 0 Å². The molecule has 0 aromatic heterocycles. The number of amides is 1. The van der Waals surface area contributed by atoms with Crippen LogP contribution < -0.4 is 10.6 Å². The molecule has 0 saturated carbocycles. The Hall–Kier alpha value is -1.39. The molecule has 1 fully saturated rings. The van der Waals surface area contributed by atoms with Crippen LogP contribution in [0.3, 0.4) is 0 Å². The molecule has 0 bridgehead atoms. The molecule has 0 spiro atoms. The molecule has 2 rings (SSSR count). The molecular weight excluding hydrogens is 264 g/mol. The highest BCUT2D eigenvalue weighted by molar-refractivity contribution is 5.94. The zero-order valence-corrected chi connectivity index (χ0v) is 13.3. The molecule has 116 valence electrons. The Morgan fingerprint density at radius 1 is 1.29 bits per heavy atom. The van der Waals surface area contributed by atoms with Crippen LogP contribution in [0.15, 0.2) is 24.3 Å². The smallest absolute Gasteiger partial charge is 0.251 e. The predicted octanol–water partition coefficient (Wildman–Crippen LogP) is 2.34. The fourth-order valence-electron chi connectivity index (χ4n) is 2.47. The molecule has 1 heterocycles. The largest absolute Gasteiger partial charge is 0.375 e. The van der Waals surface area contributed by atoms with Crippen molar-refractivity contribution in [3.63, 3.8) is 0 Å². The molecule has 1 amide bonds. The van der Waals surface area contributed by atoms with E-state index in [1.165, 1.54) is 0 Å². The van der Waals surface area contributed by atoms with E-state index in [0.29, 0.717) is 30.2 Å². The molecule has 1 saturated heterocycles. The summed E-state index contributed by atoms with van der Waals surface area (Å²) in [5.41, 5.74) is 1.78. The molecule has 4 heteroatoms.